The number of unbranched alkanes of at least 4 members (excludes halogenated alkanes) is 6. The van der Waals surface area contributed by atoms with Crippen molar-refractivity contribution in [2.75, 3.05) is 34.5 Å². The van der Waals surface area contributed by atoms with Crippen molar-refractivity contribution in [3.8, 4) is 0 Å². The summed E-state index contributed by atoms with van der Waals surface area (Å²) in [5.74, 6) is -0.850. The normalized spacial score (nSPS) is 11.0. The molecule has 0 saturated carbocycles. The molecule has 128 valence electrons. The lowest BCUT2D eigenvalue weighted by Gasteiger charge is -2.28. The SMILES string of the molecule is C=C.CCOCCCCCCCCCC(OC)(OC)OC. The van der Waals surface area contributed by atoms with Crippen LogP contribution in [-0.2, 0) is 18.9 Å². The molecular weight excluding hydrogens is 268 g/mol. The molecule has 0 unspecified atom stereocenters. The van der Waals surface area contributed by atoms with Crippen molar-refractivity contribution >= 4 is 0 Å². The summed E-state index contributed by atoms with van der Waals surface area (Å²) in [5, 5.41) is 0. The van der Waals surface area contributed by atoms with Crippen LogP contribution in [0.1, 0.15) is 58.3 Å². The minimum Gasteiger partial charge on any atom is -0.382 e. The monoisotopic (exact) mass is 304 g/mol. The van der Waals surface area contributed by atoms with Gasteiger partial charge >= 0.3 is 0 Å². The second kappa shape index (κ2) is 17.6. The van der Waals surface area contributed by atoms with E-state index in [0.717, 1.165) is 26.1 Å². The second-order valence-electron chi connectivity index (χ2n) is 4.72. The van der Waals surface area contributed by atoms with Gasteiger partial charge in [0.1, 0.15) is 0 Å². The van der Waals surface area contributed by atoms with Gasteiger partial charge in [-0.05, 0) is 19.8 Å². The summed E-state index contributed by atoms with van der Waals surface area (Å²) in [6, 6.07) is 0. The highest BCUT2D eigenvalue weighted by Gasteiger charge is 2.28. The standard InChI is InChI=1S/C15H32O4.C2H4/c1-5-19-14-12-10-8-6-7-9-11-13-15(16-2,17-3)18-4;1-2/h5-14H2,1-4H3;1-2H2. The molecule has 21 heavy (non-hydrogen) atoms. The van der Waals surface area contributed by atoms with Gasteiger partial charge in [-0.2, -0.15) is 0 Å². The summed E-state index contributed by atoms with van der Waals surface area (Å²) in [6.45, 7) is 9.79. The van der Waals surface area contributed by atoms with Gasteiger partial charge in [-0.25, -0.2) is 0 Å². The van der Waals surface area contributed by atoms with Crippen LogP contribution in [0.4, 0.5) is 0 Å². The zero-order chi connectivity index (χ0) is 16.4. The van der Waals surface area contributed by atoms with E-state index < -0.39 is 5.97 Å². The van der Waals surface area contributed by atoms with Crippen molar-refractivity contribution in [1.82, 2.24) is 0 Å². The van der Waals surface area contributed by atoms with E-state index in [1.807, 2.05) is 6.92 Å². The summed E-state index contributed by atoms with van der Waals surface area (Å²) in [6.07, 6.45) is 9.37. The Morgan fingerprint density at radius 3 is 1.57 bits per heavy atom. The molecule has 0 amide bonds. The fourth-order valence-corrected chi connectivity index (χ4v) is 2.13. The zero-order valence-electron chi connectivity index (χ0n) is 14.6. The average molecular weight is 304 g/mol. The van der Waals surface area contributed by atoms with Crippen molar-refractivity contribution < 1.29 is 18.9 Å². The highest BCUT2D eigenvalue weighted by Crippen LogP contribution is 2.21. The zero-order valence-corrected chi connectivity index (χ0v) is 14.6. The molecule has 0 bridgehead atoms. The molecule has 0 aliphatic heterocycles. The number of hydrogen-bond donors (Lipinski definition) is 0. The lowest BCUT2D eigenvalue weighted by atomic mass is 10.1. The maximum absolute atomic E-state index is 5.31. The molecule has 0 radical (unpaired) electrons. The Bertz CT molecular complexity index is 185. The Hall–Kier alpha value is -0.420. The molecule has 0 aromatic heterocycles. The molecule has 0 aromatic carbocycles. The molecule has 0 spiro atoms. The van der Waals surface area contributed by atoms with Gasteiger partial charge in [0.2, 0.25) is 0 Å². The van der Waals surface area contributed by atoms with Gasteiger partial charge in [-0.3, -0.25) is 0 Å². The number of hydrogen-bond acceptors (Lipinski definition) is 4. The largest absolute Gasteiger partial charge is 0.382 e. The topological polar surface area (TPSA) is 36.9 Å². The third kappa shape index (κ3) is 13.0. The van der Waals surface area contributed by atoms with Crippen molar-refractivity contribution in [1.29, 1.82) is 0 Å². The highest BCUT2D eigenvalue weighted by molar-refractivity contribution is 4.56. The predicted molar refractivity (Wildman–Crippen MR) is 88.4 cm³/mol. The summed E-state index contributed by atoms with van der Waals surface area (Å²) >= 11 is 0. The van der Waals surface area contributed by atoms with Crippen LogP contribution < -0.4 is 0 Å². The van der Waals surface area contributed by atoms with E-state index >= 15 is 0 Å². The van der Waals surface area contributed by atoms with Gasteiger partial charge in [0.05, 0.1) is 0 Å². The minimum atomic E-state index is -0.850. The number of ether oxygens (including phenoxy) is 4. The van der Waals surface area contributed by atoms with Gasteiger partial charge in [-0.15, -0.1) is 13.2 Å². The quantitative estimate of drug-likeness (QED) is 0.268. The van der Waals surface area contributed by atoms with E-state index in [0.29, 0.717) is 0 Å². The maximum Gasteiger partial charge on any atom is 0.282 e. The second-order valence-corrected chi connectivity index (χ2v) is 4.72. The van der Waals surface area contributed by atoms with E-state index in [1.54, 1.807) is 21.3 Å². The molecule has 4 heteroatoms. The van der Waals surface area contributed by atoms with E-state index in [1.165, 1.54) is 38.5 Å². The van der Waals surface area contributed by atoms with E-state index in [4.69, 9.17) is 18.9 Å². The molecule has 0 fully saturated rings. The maximum atomic E-state index is 5.31. The Kier molecular flexibility index (Phi) is 19.2. The first kappa shape index (κ1) is 22.9. The Morgan fingerprint density at radius 1 is 0.714 bits per heavy atom. The van der Waals surface area contributed by atoms with Crippen LogP contribution in [0.15, 0.2) is 13.2 Å². The van der Waals surface area contributed by atoms with Crippen LogP contribution in [0.3, 0.4) is 0 Å². The molecule has 0 aromatic rings. The molecule has 4 nitrogen and oxygen atoms in total. The molecule has 0 rings (SSSR count). The third-order valence-electron chi connectivity index (χ3n) is 3.41. The number of methoxy groups -OCH3 is 3. The fourth-order valence-electron chi connectivity index (χ4n) is 2.13. The van der Waals surface area contributed by atoms with Crippen LogP contribution in [0.2, 0.25) is 0 Å². The highest BCUT2D eigenvalue weighted by atomic mass is 16.9. The van der Waals surface area contributed by atoms with Crippen LogP contribution in [0, 0.1) is 0 Å². The molecule has 0 heterocycles. The van der Waals surface area contributed by atoms with Gasteiger partial charge in [0.25, 0.3) is 5.97 Å². The van der Waals surface area contributed by atoms with Crippen LogP contribution >= 0.6 is 0 Å². The molecular formula is C17H36O4. The van der Waals surface area contributed by atoms with Gasteiger partial charge in [-0.1, -0.05) is 32.1 Å². The minimum absolute atomic E-state index is 0.779. The number of rotatable bonds is 14. The van der Waals surface area contributed by atoms with Gasteiger partial charge in [0.15, 0.2) is 0 Å². The van der Waals surface area contributed by atoms with Crippen molar-refractivity contribution in [2.24, 2.45) is 0 Å². The van der Waals surface area contributed by atoms with Gasteiger partial charge < -0.3 is 18.9 Å². The molecule has 0 aliphatic rings. The first-order chi connectivity index (χ1) is 10.2. The van der Waals surface area contributed by atoms with E-state index in [-0.39, 0.29) is 0 Å². The average Bonchev–Trinajstić information content (AvgIpc) is 2.55. The fraction of sp³-hybridized carbons (Fsp3) is 0.882. The van der Waals surface area contributed by atoms with Crippen LogP contribution in [0.25, 0.3) is 0 Å². The summed E-state index contributed by atoms with van der Waals surface area (Å²) in [4.78, 5) is 0. The van der Waals surface area contributed by atoms with Crippen molar-refractivity contribution in [3.05, 3.63) is 13.2 Å². The van der Waals surface area contributed by atoms with E-state index in [2.05, 4.69) is 13.2 Å². The molecule has 0 aliphatic carbocycles. The van der Waals surface area contributed by atoms with Crippen LogP contribution in [0.5, 0.6) is 0 Å². The molecule has 0 saturated heterocycles. The first-order valence-electron chi connectivity index (χ1n) is 7.98. The van der Waals surface area contributed by atoms with Gasteiger partial charge in [0, 0.05) is 41.0 Å². The lowest BCUT2D eigenvalue weighted by Crippen LogP contribution is -2.35. The molecule has 0 atom stereocenters. The van der Waals surface area contributed by atoms with Crippen LogP contribution in [-0.4, -0.2) is 40.5 Å². The predicted octanol–water partition coefficient (Wildman–Crippen LogP) is 4.54. The Balaban J connectivity index is 0. The third-order valence-corrected chi connectivity index (χ3v) is 3.41. The summed E-state index contributed by atoms with van der Waals surface area (Å²) < 4.78 is 21.1. The Morgan fingerprint density at radius 2 is 1.14 bits per heavy atom. The van der Waals surface area contributed by atoms with E-state index in [9.17, 15) is 0 Å². The van der Waals surface area contributed by atoms with Crippen molar-refractivity contribution in [3.63, 3.8) is 0 Å². The lowest BCUT2D eigenvalue weighted by molar-refractivity contribution is -0.355. The molecule has 0 N–H and O–H groups in total. The Labute approximate surface area is 131 Å². The summed E-state index contributed by atoms with van der Waals surface area (Å²) in [5.41, 5.74) is 0. The first-order valence-corrected chi connectivity index (χ1v) is 7.98. The van der Waals surface area contributed by atoms with Crippen molar-refractivity contribution in [2.45, 2.75) is 64.3 Å². The smallest absolute Gasteiger partial charge is 0.282 e. The summed E-state index contributed by atoms with van der Waals surface area (Å²) in [7, 11) is 4.85.